The molecule has 3 heterocycles. The molecule has 7 nitrogen and oxygen atoms in total. The van der Waals surface area contributed by atoms with Gasteiger partial charge in [-0.1, -0.05) is 10.8 Å². The van der Waals surface area contributed by atoms with Crippen LogP contribution in [0.1, 0.15) is 35.7 Å². The molecule has 1 N–H and O–H groups in total. The molecule has 0 radical (unpaired) electrons. The first kappa shape index (κ1) is 22.8. The number of hydrogen-bond acceptors (Lipinski definition) is 6. The molecule has 1 aromatic carbocycles. The molecule has 0 spiro atoms. The number of rotatable bonds is 6. The van der Waals surface area contributed by atoms with E-state index in [1.165, 1.54) is 10.8 Å². The minimum atomic E-state index is -1.41. The summed E-state index contributed by atoms with van der Waals surface area (Å²) in [7, 11) is 1.48. The Hall–Kier alpha value is -1.98. The van der Waals surface area contributed by atoms with Crippen LogP contribution in [0.5, 0.6) is 0 Å². The number of pyridine rings is 1. The van der Waals surface area contributed by atoms with Crippen molar-refractivity contribution < 1.29 is 23.4 Å². The van der Waals surface area contributed by atoms with E-state index < -0.39 is 34.2 Å². The molecule has 0 bridgehead atoms. The van der Waals surface area contributed by atoms with Gasteiger partial charge in [-0.3, -0.25) is 9.16 Å². The summed E-state index contributed by atoms with van der Waals surface area (Å²) in [6, 6.07) is 0.893. The number of benzene rings is 1. The van der Waals surface area contributed by atoms with Gasteiger partial charge in [-0.2, -0.15) is 0 Å². The lowest BCUT2D eigenvalue weighted by molar-refractivity contribution is 0.0134. The fourth-order valence-corrected chi connectivity index (χ4v) is 6.01. The van der Waals surface area contributed by atoms with Gasteiger partial charge in [-0.05, 0) is 41.3 Å². The predicted octanol–water partition coefficient (Wildman–Crippen LogP) is 3.62. The number of aromatic nitrogens is 1. The van der Waals surface area contributed by atoms with Gasteiger partial charge in [0.15, 0.2) is 5.82 Å². The highest BCUT2D eigenvalue weighted by molar-refractivity contribution is 8.69. The third kappa shape index (κ3) is 3.77. The van der Waals surface area contributed by atoms with Crippen molar-refractivity contribution in [1.29, 1.82) is 0 Å². The summed E-state index contributed by atoms with van der Waals surface area (Å²) >= 11 is 0. The molecular formula is C22H25F2N3O4S2. The van der Waals surface area contributed by atoms with E-state index in [-0.39, 0.29) is 38.3 Å². The van der Waals surface area contributed by atoms with Gasteiger partial charge in [0.1, 0.15) is 22.7 Å². The lowest BCUT2D eigenvalue weighted by Crippen LogP contribution is -2.40. The Morgan fingerprint density at radius 3 is 2.82 bits per heavy atom. The van der Waals surface area contributed by atoms with Crippen LogP contribution in [0.15, 0.2) is 21.4 Å². The van der Waals surface area contributed by atoms with Gasteiger partial charge in [0.25, 0.3) is 0 Å². The van der Waals surface area contributed by atoms with Crippen molar-refractivity contribution in [2.45, 2.75) is 30.9 Å². The average molecular weight is 498 g/mol. The molecule has 3 aliphatic rings. The number of hydrogen-bond donors (Lipinski definition) is 1. The van der Waals surface area contributed by atoms with E-state index in [4.69, 9.17) is 9.10 Å². The highest BCUT2D eigenvalue weighted by Gasteiger charge is 2.52. The minimum absolute atomic E-state index is 0.0295. The number of fused-ring (bicyclic) bond motifs is 2. The lowest BCUT2D eigenvalue weighted by atomic mass is 9.91. The number of nitrogens with zero attached hydrogens (tertiary/aromatic N) is 3. The monoisotopic (exact) mass is 497 g/mol. The maximum absolute atomic E-state index is 16.0. The zero-order valence-electron chi connectivity index (χ0n) is 18.3. The minimum Gasteiger partial charge on any atom is -0.477 e. The Kier molecular flexibility index (Phi) is 5.77. The van der Waals surface area contributed by atoms with E-state index in [9.17, 15) is 14.7 Å². The highest BCUT2D eigenvalue weighted by Crippen LogP contribution is 2.44. The van der Waals surface area contributed by atoms with Gasteiger partial charge < -0.3 is 19.3 Å². The second kappa shape index (κ2) is 8.35. The Balaban J connectivity index is 1.61. The van der Waals surface area contributed by atoms with Crippen LogP contribution >= 0.6 is 10.8 Å². The highest BCUT2D eigenvalue weighted by atomic mass is 33.1. The van der Waals surface area contributed by atoms with E-state index in [1.807, 2.05) is 12.5 Å². The fraction of sp³-hybridized carbons (Fsp3) is 0.545. The van der Waals surface area contributed by atoms with E-state index in [0.29, 0.717) is 26.2 Å². The fourth-order valence-electron chi connectivity index (χ4n) is 5.03. The summed E-state index contributed by atoms with van der Waals surface area (Å²) in [5.41, 5.74) is -2.14. The van der Waals surface area contributed by atoms with E-state index in [1.54, 1.807) is 15.7 Å². The molecule has 5 rings (SSSR count). The zero-order chi connectivity index (χ0) is 23.5. The molecule has 2 saturated heterocycles. The van der Waals surface area contributed by atoms with Crippen LogP contribution in [-0.4, -0.2) is 60.0 Å². The van der Waals surface area contributed by atoms with Crippen molar-refractivity contribution in [2.75, 3.05) is 43.7 Å². The Morgan fingerprint density at radius 1 is 1.39 bits per heavy atom. The number of anilines is 1. The molecular weight excluding hydrogens is 472 g/mol. The van der Waals surface area contributed by atoms with Gasteiger partial charge in [0.05, 0.1) is 17.4 Å². The van der Waals surface area contributed by atoms with Gasteiger partial charge in [0, 0.05) is 44.1 Å². The van der Waals surface area contributed by atoms with Gasteiger partial charge in [0.2, 0.25) is 5.43 Å². The molecule has 2 aliphatic heterocycles. The first-order valence-electron chi connectivity index (χ1n) is 10.8. The van der Waals surface area contributed by atoms with Crippen LogP contribution in [0.2, 0.25) is 0 Å². The number of carbonyl (C=O) groups is 1. The van der Waals surface area contributed by atoms with Crippen molar-refractivity contribution in [2.24, 2.45) is 10.3 Å². The Morgan fingerprint density at radius 2 is 2.15 bits per heavy atom. The number of aromatic carboxylic acids is 1. The standard InChI is InChI=1S/C22H25F2N3O4S2/c1-32-33(2)25-10-22-11-26(8-12(22)5-6-31-22)19-16(23)7-14-18(17(19)24)27(13-3-4-13)9-15(20(14)28)21(29)30/h7,9,12-13H,3-6,8,10-11H2,1-2H3,(H,29,30). The molecule has 3 unspecified atom stereocenters. The molecule has 1 aliphatic carbocycles. The molecule has 33 heavy (non-hydrogen) atoms. The lowest BCUT2D eigenvalue weighted by Gasteiger charge is -2.27. The third-order valence-electron chi connectivity index (χ3n) is 6.93. The van der Waals surface area contributed by atoms with Crippen LogP contribution in [0.25, 0.3) is 10.9 Å². The number of halogens is 2. The maximum Gasteiger partial charge on any atom is 0.341 e. The van der Waals surface area contributed by atoms with Crippen molar-refractivity contribution in [1.82, 2.24) is 4.57 Å². The maximum atomic E-state index is 16.0. The van der Waals surface area contributed by atoms with Crippen LogP contribution in [0, 0.1) is 17.6 Å². The van der Waals surface area contributed by atoms with E-state index in [2.05, 4.69) is 0 Å². The summed E-state index contributed by atoms with van der Waals surface area (Å²) < 4.78 is 43.6. The molecule has 11 heteroatoms. The molecule has 3 atom stereocenters. The summed E-state index contributed by atoms with van der Waals surface area (Å²) in [5, 5.41) is 9.17. The van der Waals surface area contributed by atoms with Crippen molar-refractivity contribution in [3.05, 3.63) is 39.7 Å². The second-order valence-corrected chi connectivity index (χ2v) is 12.8. The summed E-state index contributed by atoms with van der Waals surface area (Å²) in [6.07, 6.45) is 7.52. The van der Waals surface area contributed by atoms with Crippen LogP contribution in [0.3, 0.4) is 0 Å². The van der Waals surface area contributed by atoms with Gasteiger partial charge >= 0.3 is 5.97 Å². The van der Waals surface area contributed by atoms with Crippen molar-refractivity contribution in [3.63, 3.8) is 0 Å². The van der Waals surface area contributed by atoms with Crippen LogP contribution in [0.4, 0.5) is 14.5 Å². The van der Waals surface area contributed by atoms with E-state index >= 15 is 8.78 Å². The van der Waals surface area contributed by atoms with Gasteiger partial charge in [-0.15, -0.1) is 0 Å². The first-order chi connectivity index (χ1) is 15.8. The zero-order valence-corrected chi connectivity index (χ0v) is 20.0. The smallest absolute Gasteiger partial charge is 0.341 e. The summed E-state index contributed by atoms with van der Waals surface area (Å²) in [5.74, 6) is -2.99. The Labute approximate surface area is 195 Å². The molecule has 3 fully saturated rings. The quantitative estimate of drug-likeness (QED) is 0.614. The Bertz CT molecular complexity index is 1250. The predicted molar refractivity (Wildman–Crippen MR) is 126 cm³/mol. The molecule has 178 valence electrons. The summed E-state index contributed by atoms with van der Waals surface area (Å²) in [4.78, 5) is 25.9. The average Bonchev–Trinajstić information content (AvgIpc) is 3.45. The second-order valence-electron chi connectivity index (χ2n) is 8.89. The largest absolute Gasteiger partial charge is 0.477 e. The first-order valence-corrected chi connectivity index (χ1v) is 14.2. The summed E-state index contributed by atoms with van der Waals surface area (Å²) in [6.45, 7) is 1.83. The van der Waals surface area contributed by atoms with Crippen molar-refractivity contribution >= 4 is 43.1 Å². The van der Waals surface area contributed by atoms with Gasteiger partial charge in [-0.25, -0.2) is 13.6 Å². The number of carboxylic acid groups (broad SMARTS) is 1. The van der Waals surface area contributed by atoms with Crippen LogP contribution in [-0.2, 0) is 14.5 Å². The molecule has 2 aromatic rings. The number of ether oxygens (including phenoxy) is 1. The molecule has 1 saturated carbocycles. The topological polar surface area (TPSA) is 84.1 Å². The van der Waals surface area contributed by atoms with E-state index in [0.717, 1.165) is 25.3 Å². The number of carboxylic acids is 1. The SMILES string of the molecule is CSS(C)=NCC12CN(c3c(F)cc4c(=O)c(C(=O)O)cn(C5CC5)c4c3F)CC1CCO2. The molecule has 0 amide bonds. The normalized spacial score (nSPS) is 25.7. The van der Waals surface area contributed by atoms with Crippen LogP contribution < -0.4 is 10.3 Å². The van der Waals surface area contributed by atoms with Crippen molar-refractivity contribution in [3.8, 4) is 0 Å². The third-order valence-corrected chi connectivity index (χ3v) is 9.66. The molecule has 1 aromatic heterocycles.